The Bertz CT molecular complexity index is 1770. The van der Waals surface area contributed by atoms with E-state index in [0.29, 0.717) is 38.0 Å². The van der Waals surface area contributed by atoms with Gasteiger partial charge in [0.1, 0.15) is 29.5 Å². The predicted octanol–water partition coefficient (Wildman–Crippen LogP) is 2.99. The zero-order valence-corrected chi connectivity index (χ0v) is 30.5. The van der Waals surface area contributed by atoms with Gasteiger partial charge in [0, 0.05) is 25.4 Å². The van der Waals surface area contributed by atoms with Crippen LogP contribution < -0.4 is 20.1 Å². The summed E-state index contributed by atoms with van der Waals surface area (Å²) in [6.07, 6.45) is 5.48. The van der Waals surface area contributed by atoms with Crippen molar-refractivity contribution in [1.82, 2.24) is 25.2 Å². The Kier molecular flexibility index (Phi) is 10.3. The molecule has 3 N–H and O–H groups in total. The number of nitrogens with zero attached hydrogens (tertiary/aromatic N) is 2. The van der Waals surface area contributed by atoms with Gasteiger partial charge in [-0.2, -0.15) is 0 Å². The number of amides is 5. The molecule has 3 aliphatic heterocycles. The quantitative estimate of drug-likeness (QED) is 0.366. The van der Waals surface area contributed by atoms with Crippen molar-refractivity contribution >= 4 is 39.9 Å². The normalized spacial score (nSPS) is 29.0. The minimum atomic E-state index is -3.91. The minimum Gasteiger partial charge on any atom is -0.465 e. The average Bonchev–Trinajstić information content (AvgIpc) is 3.98. The molecule has 282 valence electrons. The molecule has 3 fully saturated rings. The summed E-state index contributed by atoms with van der Waals surface area (Å²) in [5, 5.41) is 4.75. The lowest BCUT2D eigenvalue weighted by atomic mass is 9.85. The molecule has 15 nitrogen and oxygen atoms in total. The number of hydrogen-bond acceptors (Lipinski definition) is 10. The van der Waals surface area contributed by atoms with E-state index >= 15 is 0 Å². The van der Waals surface area contributed by atoms with Crippen LogP contribution in [0, 0.1) is 11.3 Å². The third kappa shape index (κ3) is 8.06. The number of carbonyl (C=O) groups is 5. The summed E-state index contributed by atoms with van der Waals surface area (Å²) in [7, 11) is -3.91. The minimum absolute atomic E-state index is 0.105. The fourth-order valence-electron chi connectivity index (χ4n) is 6.88. The SMILES string of the molecule is C=C[C@H]1C[C@@]1(NC(=O)[C@@H]1CC2CN1C(=O)[C@H](C(C)(C)C)NC(=O)OCCCC/C=C/Oc1ccc3c(c1)CN(C3)C(=O)O2)C(=O)NS(=O)(=O)C1CC1. The first-order chi connectivity index (χ1) is 24.6. The van der Waals surface area contributed by atoms with Crippen LogP contribution in [0.25, 0.3) is 0 Å². The maximum absolute atomic E-state index is 14.4. The van der Waals surface area contributed by atoms with Crippen molar-refractivity contribution in [2.75, 3.05) is 13.2 Å². The van der Waals surface area contributed by atoms with Gasteiger partial charge in [-0.15, -0.1) is 6.58 Å². The number of allylic oxidation sites excluding steroid dienone is 1. The molecule has 0 aromatic heterocycles. The van der Waals surface area contributed by atoms with Crippen LogP contribution in [0.1, 0.15) is 76.8 Å². The second-order valence-corrected chi connectivity index (χ2v) is 17.2. The monoisotopic (exact) mass is 741 g/mol. The van der Waals surface area contributed by atoms with Gasteiger partial charge in [0.15, 0.2) is 0 Å². The van der Waals surface area contributed by atoms with Crippen molar-refractivity contribution in [2.45, 2.75) is 108 Å². The largest absolute Gasteiger partial charge is 0.465 e. The number of fused-ring (bicyclic) bond motifs is 4. The van der Waals surface area contributed by atoms with Crippen LogP contribution in [-0.4, -0.2) is 90.3 Å². The van der Waals surface area contributed by atoms with Crippen LogP contribution in [0.3, 0.4) is 0 Å². The third-order valence-electron chi connectivity index (χ3n) is 10.2. The molecule has 1 saturated heterocycles. The van der Waals surface area contributed by atoms with Crippen molar-refractivity contribution in [3.8, 4) is 5.75 Å². The Labute approximate surface area is 303 Å². The van der Waals surface area contributed by atoms with E-state index in [-0.39, 0.29) is 32.5 Å². The van der Waals surface area contributed by atoms with Gasteiger partial charge >= 0.3 is 12.2 Å². The lowest BCUT2D eigenvalue weighted by Crippen LogP contribution is -2.60. The number of hydrogen-bond donors (Lipinski definition) is 3. The van der Waals surface area contributed by atoms with Crippen LogP contribution in [0.4, 0.5) is 9.59 Å². The van der Waals surface area contributed by atoms with Crippen LogP contribution in [0.2, 0.25) is 0 Å². The van der Waals surface area contributed by atoms with Crippen molar-refractivity contribution in [3.63, 3.8) is 0 Å². The summed E-state index contributed by atoms with van der Waals surface area (Å²) in [6.45, 7) is 9.53. The molecular weight excluding hydrogens is 694 g/mol. The first kappa shape index (κ1) is 37.2. The first-order valence-corrected chi connectivity index (χ1v) is 19.3. The van der Waals surface area contributed by atoms with Crippen LogP contribution in [0.15, 0.2) is 43.2 Å². The molecule has 1 aromatic carbocycles. The standard InChI is InChI=1S/C36H47N5O10S/c1-5-24-18-36(24,32(44)39-52(47,48)27-12-13-27)38-30(42)28-17-26-21-41(28)31(43)29(35(2,3)4)37-33(45)50-15-9-7-6-8-14-49-25-11-10-22-19-40(34(46)51-26)20-23(22)16-25/h5,8,10-11,14,16,24,26-29H,1,6-7,9,12-13,15,17-21H2,2-4H3,(H,37,45)(H,38,42)(H,39,44)/b14-8+/t24-,26?,28-,29+,36-/m0/s1. The van der Waals surface area contributed by atoms with Gasteiger partial charge in [0.2, 0.25) is 21.8 Å². The summed E-state index contributed by atoms with van der Waals surface area (Å²) in [6, 6.07) is 3.20. The Hall–Kier alpha value is -4.60. The molecule has 5 aliphatic rings. The Morgan fingerprint density at radius 3 is 2.54 bits per heavy atom. The molecule has 16 heteroatoms. The fourth-order valence-corrected chi connectivity index (χ4v) is 8.25. The molecule has 2 aliphatic carbocycles. The zero-order valence-electron chi connectivity index (χ0n) is 29.7. The average molecular weight is 742 g/mol. The molecule has 5 atom stereocenters. The van der Waals surface area contributed by atoms with Gasteiger partial charge in [-0.3, -0.25) is 24.0 Å². The predicted molar refractivity (Wildman–Crippen MR) is 187 cm³/mol. The summed E-state index contributed by atoms with van der Waals surface area (Å²) < 4.78 is 44.5. The number of rotatable bonds is 6. The molecular formula is C36H47N5O10S. The van der Waals surface area contributed by atoms with Gasteiger partial charge < -0.3 is 29.7 Å². The molecule has 2 saturated carbocycles. The summed E-state index contributed by atoms with van der Waals surface area (Å²) >= 11 is 0. The fraction of sp³-hybridized carbons (Fsp3) is 0.583. The number of benzene rings is 1. The number of ether oxygens (including phenoxy) is 3. The smallest absolute Gasteiger partial charge is 0.410 e. The van der Waals surface area contributed by atoms with E-state index in [1.807, 2.05) is 24.3 Å². The maximum Gasteiger partial charge on any atom is 0.410 e. The van der Waals surface area contributed by atoms with Crippen molar-refractivity contribution in [3.05, 3.63) is 54.3 Å². The van der Waals surface area contributed by atoms with E-state index in [9.17, 15) is 32.4 Å². The lowest BCUT2D eigenvalue weighted by molar-refractivity contribution is -0.142. The van der Waals surface area contributed by atoms with E-state index in [4.69, 9.17) is 14.2 Å². The molecule has 52 heavy (non-hydrogen) atoms. The molecule has 0 radical (unpaired) electrons. The summed E-state index contributed by atoms with van der Waals surface area (Å²) in [5.74, 6) is -2.15. The van der Waals surface area contributed by atoms with E-state index in [1.54, 1.807) is 27.0 Å². The molecule has 1 unspecified atom stereocenters. The summed E-state index contributed by atoms with van der Waals surface area (Å²) in [4.78, 5) is 71.1. The van der Waals surface area contributed by atoms with Crippen molar-refractivity contribution < 1.29 is 46.6 Å². The molecule has 0 spiro atoms. The topological polar surface area (TPSA) is 190 Å². The Morgan fingerprint density at radius 1 is 1.10 bits per heavy atom. The molecule has 1 aromatic rings. The Morgan fingerprint density at radius 2 is 1.85 bits per heavy atom. The second kappa shape index (κ2) is 14.4. The lowest BCUT2D eigenvalue weighted by Gasteiger charge is -2.35. The van der Waals surface area contributed by atoms with Crippen molar-refractivity contribution in [1.29, 1.82) is 0 Å². The zero-order chi connectivity index (χ0) is 37.4. The van der Waals surface area contributed by atoms with E-state index in [0.717, 1.165) is 17.5 Å². The van der Waals surface area contributed by atoms with Crippen LogP contribution >= 0.6 is 0 Å². The summed E-state index contributed by atoms with van der Waals surface area (Å²) in [5.41, 5.74) is -0.589. The highest BCUT2D eigenvalue weighted by Gasteiger charge is 2.62. The Balaban J connectivity index is 1.25. The number of alkyl carbamates (subject to hydrolysis) is 1. The van der Waals surface area contributed by atoms with Gasteiger partial charge in [-0.1, -0.05) is 32.9 Å². The van der Waals surface area contributed by atoms with E-state index < -0.39 is 80.2 Å². The highest BCUT2D eigenvalue weighted by Crippen LogP contribution is 2.45. The second-order valence-electron chi connectivity index (χ2n) is 15.3. The highest BCUT2D eigenvalue weighted by atomic mass is 32.2. The number of carbonyl (C=O) groups excluding carboxylic acids is 5. The molecule has 6 rings (SSSR count). The first-order valence-electron chi connectivity index (χ1n) is 17.7. The van der Waals surface area contributed by atoms with Crippen LogP contribution in [0.5, 0.6) is 5.75 Å². The van der Waals surface area contributed by atoms with Gasteiger partial charge in [-0.05, 0) is 73.3 Å². The number of sulfonamides is 1. The molecule has 3 heterocycles. The highest BCUT2D eigenvalue weighted by molar-refractivity contribution is 7.91. The van der Waals surface area contributed by atoms with E-state index in [1.165, 1.54) is 15.9 Å². The van der Waals surface area contributed by atoms with Gasteiger partial charge in [0.05, 0.1) is 24.7 Å². The van der Waals surface area contributed by atoms with E-state index in [2.05, 4.69) is 21.9 Å². The van der Waals surface area contributed by atoms with Crippen LogP contribution in [-0.2, 0) is 47.0 Å². The van der Waals surface area contributed by atoms with Crippen molar-refractivity contribution in [2.24, 2.45) is 11.3 Å². The number of cyclic esters (lactones) is 1. The van der Waals surface area contributed by atoms with Gasteiger partial charge in [0.25, 0.3) is 5.91 Å². The third-order valence-corrected chi connectivity index (χ3v) is 12.0. The maximum atomic E-state index is 14.4. The van der Waals surface area contributed by atoms with Gasteiger partial charge in [-0.25, -0.2) is 18.0 Å². The molecule has 5 bridgehead atoms. The molecule has 5 amide bonds. The number of nitrogens with one attached hydrogen (secondary N) is 3.